The van der Waals surface area contributed by atoms with Crippen molar-refractivity contribution in [2.75, 3.05) is 33.1 Å². The lowest BCUT2D eigenvalue weighted by Gasteiger charge is -2.26. The standard InChI is InChI=1S/C8H17ClN2O2/c1-8(13,6-11(2)3)5-10-7(12)4-9/h13H,4-6H2,1-3H3,(H,10,12). The highest BCUT2D eigenvalue weighted by molar-refractivity contribution is 6.27. The van der Waals surface area contributed by atoms with E-state index in [9.17, 15) is 9.90 Å². The van der Waals surface area contributed by atoms with Gasteiger partial charge in [0.1, 0.15) is 5.88 Å². The first kappa shape index (κ1) is 12.7. The maximum Gasteiger partial charge on any atom is 0.235 e. The number of hydrogen-bond donors (Lipinski definition) is 2. The number of rotatable bonds is 5. The Morgan fingerprint density at radius 3 is 2.54 bits per heavy atom. The van der Waals surface area contributed by atoms with Crippen molar-refractivity contribution < 1.29 is 9.90 Å². The number of halogens is 1. The van der Waals surface area contributed by atoms with Crippen LogP contribution in [0.1, 0.15) is 6.92 Å². The molecule has 0 rings (SSSR count). The van der Waals surface area contributed by atoms with Gasteiger partial charge in [-0.1, -0.05) is 0 Å². The molecule has 0 aromatic rings. The highest BCUT2D eigenvalue weighted by Gasteiger charge is 2.21. The van der Waals surface area contributed by atoms with Gasteiger partial charge in [-0.2, -0.15) is 0 Å². The van der Waals surface area contributed by atoms with Gasteiger partial charge in [0.25, 0.3) is 0 Å². The zero-order valence-electron chi connectivity index (χ0n) is 8.30. The molecule has 4 nitrogen and oxygen atoms in total. The highest BCUT2D eigenvalue weighted by atomic mass is 35.5. The molecular weight excluding hydrogens is 192 g/mol. The minimum absolute atomic E-state index is 0.0714. The molecule has 0 aliphatic heterocycles. The molecule has 0 spiro atoms. The second-order valence-corrected chi connectivity index (χ2v) is 3.91. The third kappa shape index (κ3) is 6.81. The van der Waals surface area contributed by atoms with Crippen LogP contribution < -0.4 is 5.32 Å². The van der Waals surface area contributed by atoms with Crippen LogP contribution >= 0.6 is 11.6 Å². The van der Waals surface area contributed by atoms with Crippen molar-refractivity contribution in [2.45, 2.75) is 12.5 Å². The molecule has 0 aromatic carbocycles. The van der Waals surface area contributed by atoms with Gasteiger partial charge in [0.2, 0.25) is 5.91 Å². The van der Waals surface area contributed by atoms with Crippen molar-refractivity contribution in [3.8, 4) is 0 Å². The molecular formula is C8H17ClN2O2. The fourth-order valence-corrected chi connectivity index (χ4v) is 1.17. The number of carbonyl (C=O) groups excluding carboxylic acids is 1. The average molecular weight is 209 g/mol. The summed E-state index contributed by atoms with van der Waals surface area (Å²) in [4.78, 5) is 12.6. The zero-order valence-corrected chi connectivity index (χ0v) is 9.06. The predicted molar refractivity (Wildman–Crippen MR) is 52.9 cm³/mol. The van der Waals surface area contributed by atoms with Gasteiger partial charge in [-0.25, -0.2) is 0 Å². The number of aliphatic hydroxyl groups is 1. The lowest BCUT2D eigenvalue weighted by Crippen LogP contribution is -2.47. The smallest absolute Gasteiger partial charge is 0.235 e. The van der Waals surface area contributed by atoms with Gasteiger partial charge in [-0.15, -0.1) is 11.6 Å². The molecule has 78 valence electrons. The van der Waals surface area contributed by atoms with Crippen LogP contribution in [0.3, 0.4) is 0 Å². The Hall–Kier alpha value is -0.320. The second kappa shape index (κ2) is 5.42. The van der Waals surface area contributed by atoms with Crippen molar-refractivity contribution >= 4 is 17.5 Å². The summed E-state index contributed by atoms with van der Waals surface area (Å²) in [7, 11) is 3.72. The van der Waals surface area contributed by atoms with E-state index in [0.717, 1.165) is 0 Å². The Bertz CT molecular complexity index is 172. The second-order valence-electron chi connectivity index (χ2n) is 3.65. The first-order chi connectivity index (χ1) is 5.87. The molecule has 5 heteroatoms. The van der Waals surface area contributed by atoms with Crippen molar-refractivity contribution in [3.05, 3.63) is 0 Å². The van der Waals surface area contributed by atoms with E-state index in [-0.39, 0.29) is 18.3 Å². The van der Waals surface area contributed by atoms with E-state index >= 15 is 0 Å². The summed E-state index contributed by atoms with van der Waals surface area (Å²) in [6, 6.07) is 0. The van der Waals surface area contributed by atoms with Crippen LogP contribution in [0.5, 0.6) is 0 Å². The van der Waals surface area contributed by atoms with E-state index < -0.39 is 5.60 Å². The van der Waals surface area contributed by atoms with E-state index in [4.69, 9.17) is 11.6 Å². The van der Waals surface area contributed by atoms with Crippen molar-refractivity contribution in [1.29, 1.82) is 0 Å². The molecule has 0 aliphatic rings. The fourth-order valence-electron chi connectivity index (χ4n) is 1.07. The molecule has 2 N–H and O–H groups in total. The maximum absolute atomic E-state index is 10.8. The molecule has 0 bridgehead atoms. The fraction of sp³-hybridized carbons (Fsp3) is 0.875. The number of nitrogens with zero attached hydrogens (tertiary/aromatic N) is 1. The Morgan fingerprint density at radius 2 is 2.15 bits per heavy atom. The summed E-state index contributed by atoms with van der Waals surface area (Å²) in [5.74, 6) is -0.335. The average Bonchev–Trinajstić information content (AvgIpc) is 1.98. The molecule has 0 saturated heterocycles. The minimum atomic E-state index is -0.911. The number of likely N-dealkylation sites (N-methyl/N-ethyl adjacent to an activating group) is 1. The van der Waals surface area contributed by atoms with E-state index in [2.05, 4.69) is 5.32 Å². The van der Waals surface area contributed by atoms with Crippen molar-refractivity contribution in [3.63, 3.8) is 0 Å². The van der Waals surface area contributed by atoms with Crippen LogP contribution in [0.2, 0.25) is 0 Å². The number of nitrogens with one attached hydrogen (secondary N) is 1. The van der Waals surface area contributed by atoms with Gasteiger partial charge in [-0.05, 0) is 21.0 Å². The Kier molecular flexibility index (Phi) is 5.29. The van der Waals surface area contributed by atoms with E-state index in [0.29, 0.717) is 6.54 Å². The van der Waals surface area contributed by atoms with Gasteiger partial charge < -0.3 is 15.3 Å². The molecule has 1 unspecified atom stereocenters. The maximum atomic E-state index is 10.8. The minimum Gasteiger partial charge on any atom is -0.387 e. The first-order valence-corrected chi connectivity index (χ1v) is 4.60. The molecule has 0 saturated carbocycles. The van der Waals surface area contributed by atoms with E-state index in [1.165, 1.54) is 0 Å². The quantitative estimate of drug-likeness (QED) is 0.608. The van der Waals surface area contributed by atoms with Crippen molar-refractivity contribution in [1.82, 2.24) is 10.2 Å². The summed E-state index contributed by atoms with van der Waals surface area (Å²) in [5.41, 5.74) is -0.911. The summed E-state index contributed by atoms with van der Waals surface area (Å²) in [6.07, 6.45) is 0. The normalized spacial score (nSPS) is 15.5. The van der Waals surface area contributed by atoms with Crippen LogP contribution in [0.25, 0.3) is 0 Å². The number of amides is 1. The van der Waals surface area contributed by atoms with E-state index in [1.807, 2.05) is 19.0 Å². The zero-order chi connectivity index (χ0) is 10.5. The SMILES string of the molecule is CN(C)CC(C)(O)CNC(=O)CCl. The number of carbonyl (C=O) groups is 1. The molecule has 0 aromatic heterocycles. The molecule has 1 atom stereocenters. The Labute approximate surface area is 83.9 Å². The third-order valence-electron chi connectivity index (χ3n) is 1.44. The number of alkyl halides is 1. The lowest BCUT2D eigenvalue weighted by atomic mass is 10.1. The summed E-state index contributed by atoms with van der Waals surface area (Å²) < 4.78 is 0. The third-order valence-corrected chi connectivity index (χ3v) is 1.69. The van der Waals surface area contributed by atoms with E-state index in [1.54, 1.807) is 6.92 Å². The molecule has 0 radical (unpaired) electrons. The molecule has 13 heavy (non-hydrogen) atoms. The molecule has 1 amide bonds. The molecule has 0 fully saturated rings. The topological polar surface area (TPSA) is 52.6 Å². The van der Waals surface area contributed by atoms with Crippen LogP contribution in [-0.2, 0) is 4.79 Å². The predicted octanol–water partition coefficient (Wildman–Crippen LogP) is -0.346. The van der Waals surface area contributed by atoms with Crippen molar-refractivity contribution in [2.24, 2.45) is 0 Å². The summed E-state index contributed by atoms with van der Waals surface area (Å²) in [5, 5.41) is 12.3. The highest BCUT2D eigenvalue weighted by Crippen LogP contribution is 2.02. The van der Waals surface area contributed by atoms with Crippen LogP contribution in [0, 0.1) is 0 Å². The van der Waals surface area contributed by atoms with Crippen LogP contribution in [-0.4, -0.2) is 54.6 Å². The van der Waals surface area contributed by atoms with Gasteiger partial charge in [0.05, 0.1) is 5.60 Å². The Morgan fingerprint density at radius 1 is 1.62 bits per heavy atom. The monoisotopic (exact) mass is 208 g/mol. The summed E-state index contributed by atoms with van der Waals surface area (Å²) in [6.45, 7) is 2.38. The number of hydrogen-bond acceptors (Lipinski definition) is 3. The Balaban J connectivity index is 3.81. The largest absolute Gasteiger partial charge is 0.387 e. The van der Waals surface area contributed by atoms with Crippen LogP contribution in [0.4, 0.5) is 0 Å². The van der Waals surface area contributed by atoms with Gasteiger partial charge in [0, 0.05) is 13.1 Å². The molecule has 0 aliphatic carbocycles. The van der Waals surface area contributed by atoms with Gasteiger partial charge in [0.15, 0.2) is 0 Å². The lowest BCUT2D eigenvalue weighted by molar-refractivity contribution is -0.119. The van der Waals surface area contributed by atoms with Gasteiger partial charge >= 0.3 is 0 Å². The van der Waals surface area contributed by atoms with Gasteiger partial charge in [-0.3, -0.25) is 4.79 Å². The van der Waals surface area contributed by atoms with Crippen LogP contribution in [0.15, 0.2) is 0 Å². The summed E-state index contributed by atoms with van der Waals surface area (Å²) >= 11 is 5.28. The first-order valence-electron chi connectivity index (χ1n) is 4.07. The molecule has 0 heterocycles.